The normalized spacial score (nSPS) is 20.1. The Kier molecular flexibility index (Phi) is 5.01. The molecule has 0 aromatic carbocycles. The highest BCUT2D eigenvalue weighted by Crippen LogP contribution is 2.41. The summed E-state index contributed by atoms with van der Waals surface area (Å²) in [4.78, 5) is 4.41. The Balaban J connectivity index is 1.79. The van der Waals surface area contributed by atoms with Gasteiger partial charge in [-0.05, 0) is 77.5 Å². The summed E-state index contributed by atoms with van der Waals surface area (Å²) in [5.41, 5.74) is 11.0. The molecule has 0 saturated heterocycles. The van der Waals surface area contributed by atoms with Crippen LogP contribution in [0.5, 0.6) is 0 Å². The number of hydrogen-bond donors (Lipinski definition) is 2. The van der Waals surface area contributed by atoms with Crippen LogP contribution < -0.4 is 11.1 Å². The molecule has 0 aliphatic heterocycles. The quantitative estimate of drug-likeness (QED) is 0.557. The number of furan rings is 1. The Morgan fingerprint density at radius 3 is 2.96 bits per heavy atom. The van der Waals surface area contributed by atoms with Crippen LogP contribution in [0, 0.1) is 6.92 Å². The van der Waals surface area contributed by atoms with Gasteiger partial charge in [0.25, 0.3) is 0 Å². The number of rotatable bonds is 4. The summed E-state index contributed by atoms with van der Waals surface area (Å²) in [6.07, 6.45) is 5.74. The Bertz CT molecular complexity index is 1010. The molecule has 0 saturated carbocycles. The molecule has 0 fully saturated rings. The van der Waals surface area contributed by atoms with Gasteiger partial charge >= 0.3 is 0 Å². The Hall–Kier alpha value is -1.83. The van der Waals surface area contributed by atoms with E-state index in [2.05, 4.69) is 51.3 Å². The van der Waals surface area contributed by atoms with Crippen LogP contribution in [0.15, 0.2) is 39.1 Å². The summed E-state index contributed by atoms with van der Waals surface area (Å²) in [6.45, 7) is 4.73. The largest absolute Gasteiger partial charge is 0.467 e. The summed E-state index contributed by atoms with van der Waals surface area (Å²) in [5, 5.41) is 7.90. The molecule has 3 N–H and O–H groups in total. The first-order chi connectivity index (χ1) is 13.0. The second kappa shape index (κ2) is 7.30. The van der Waals surface area contributed by atoms with E-state index in [9.17, 15) is 0 Å². The van der Waals surface area contributed by atoms with Crippen LogP contribution in [0.1, 0.15) is 42.6 Å². The molecule has 0 bridgehead atoms. The van der Waals surface area contributed by atoms with Gasteiger partial charge in [-0.1, -0.05) is 11.6 Å². The number of fused-ring (bicyclic) bond motifs is 1. The summed E-state index contributed by atoms with van der Waals surface area (Å²) in [7, 11) is 0. The van der Waals surface area contributed by atoms with E-state index in [1.54, 1.807) is 6.26 Å². The van der Waals surface area contributed by atoms with Gasteiger partial charge in [0.1, 0.15) is 15.9 Å². The van der Waals surface area contributed by atoms with Gasteiger partial charge in [0, 0.05) is 12.0 Å². The molecule has 2 atom stereocenters. The second-order valence-electron chi connectivity index (χ2n) is 7.01. The maximum atomic E-state index is 6.49. The number of halogens is 2. The van der Waals surface area contributed by atoms with E-state index in [0.717, 1.165) is 34.3 Å². The van der Waals surface area contributed by atoms with Crippen molar-refractivity contribution < 1.29 is 4.42 Å². The van der Waals surface area contributed by atoms with Gasteiger partial charge < -0.3 is 15.5 Å². The van der Waals surface area contributed by atoms with Crippen molar-refractivity contribution in [2.24, 2.45) is 5.73 Å². The van der Waals surface area contributed by atoms with E-state index in [1.165, 1.54) is 11.1 Å². The van der Waals surface area contributed by atoms with Crippen LogP contribution in [-0.4, -0.2) is 20.6 Å². The van der Waals surface area contributed by atoms with E-state index >= 15 is 0 Å². The molecule has 6 nitrogen and oxygen atoms in total. The predicted molar refractivity (Wildman–Crippen MR) is 110 cm³/mol. The summed E-state index contributed by atoms with van der Waals surface area (Å²) in [5.74, 6) is 1.72. The van der Waals surface area contributed by atoms with E-state index in [-0.39, 0.29) is 17.2 Å². The fourth-order valence-electron chi connectivity index (χ4n) is 3.85. The molecule has 4 rings (SSSR count). The molecule has 1 aliphatic carbocycles. The standard InChI is InChI=1S/C19H21BrClN5O/c1-10-5-6-13(14(22)8-10)15-11(2)16-18(23-9-12-4-3-7-27-12)24-19(21)25-26(16)17(15)20/h3-5,7,13-14H,6,8-9,22H2,1-2H3,(H,23,24,25)/t13-,14-/m0/s1. The lowest BCUT2D eigenvalue weighted by molar-refractivity contribution is 0.503. The van der Waals surface area contributed by atoms with Crippen molar-refractivity contribution in [1.82, 2.24) is 14.6 Å². The van der Waals surface area contributed by atoms with Crippen molar-refractivity contribution in [1.29, 1.82) is 0 Å². The predicted octanol–water partition coefficient (Wildman–Crippen LogP) is 4.81. The van der Waals surface area contributed by atoms with Gasteiger partial charge in [0.15, 0.2) is 5.82 Å². The maximum Gasteiger partial charge on any atom is 0.243 e. The molecule has 3 aromatic heterocycles. The maximum absolute atomic E-state index is 6.49. The van der Waals surface area contributed by atoms with Gasteiger partial charge in [-0.2, -0.15) is 4.98 Å². The van der Waals surface area contributed by atoms with Crippen molar-refractivity contribution in [3.8, 4) is 0 Å². The topological polar surface area (TPSA) is 81.4 Å². The van der Waals surface area contributed by atoms with Gasteiger partial charge in [-0.15, -0.1) is 5.10 Å². The van der Waals surface area contributed by atoms with Crippen LogP contribution in [-0.2, 0) is 6.54 Å². The molecule has 3 heterocycles. The number of aryl methyl sites for hydroxylation is 1. The number of nitrogens with one attached hydrogen (secondary N) is 1. The zero-order valence-electron chi connectivity index (χ0n) is 15.2. The lowest BCUT2D eigenvalue weighted by atomic mass is 9.81. The first-order valence-electron chi connectivity index (χ1n) is 8.87. The fraction of sp³-hybridized carbons (Fsp3) is 0.368. The molecule has 27 heavy (non-hydrogen) atoms. The molecule has 3 aromatic rings. The van der Waals surface area contributed by atoms with Crippen molar-refractivity contribution in [3.05, 3.63) is 56.8 Å². The van der Waals surface area contributed by atoms with Crippen LogP contribution >= 0.6 is 27.5 Å². The first kappa shape index (κ1) is 18.5. The van der Waals surface area contributed by atoms with E-state index in [1.807, 2.05) is 16.6 Å². The third-order valence-corrected chi connectivity index (χ3v) is 6.09. The SMILES string of the molecule is CC1=CC[C@H](c2c(C)c3c(NCc4ccco4)nc(Cl)nn3c2Br)[C@@H](N)C1. The molecule has 0 spiro atoms. The van der Waals surface area contributed by atoms with Crippen molar-refractivity contribution in [3.63, 3.8) is 0 Å². The van der Waals surface area contributed by atoms with Gasteiger partial charge in [-0.3, -0.25) is 0 Å². The third kappa shape index (κ3) is 3.39. The first-order valence-corrected chi connectivity index (χ1v) is 10.0. The summed E-state index contributed by atoms with van der Waals surface area (Å²) < 4.78 is 8.09. The summed E-state index contributed by atoms with van der Waals surface area (Å²) >= 11 is 9.92. The molecule has 142 valence electrons. The van der Waals surface area contributed by atoms with Crippen molar-refractivity contribution >= 4 is 38.9 Å². The molecular weight excluding hydrogens is 430 g/mol. The monoisotopic (exact) mass is 449 g/mol. The molecular formula is C19H21BrClN5O. The highest BCUT2D eigenvalue weighted by molar-refractivity contribution is 9.10. The van der Waals surface area contributed by atoms with Crippen LogP contribution in [0.4, 0.5) is 5.82 Å². The number of anilines is 1. The minimum absolute atomic E-state index is 0.0744. The smallest absolute Gasteiger partial charge is 0.243 e. The van der Waals surface area contributed by atoms with Crippen molar-refractivity contribution in [2.45, 2.75) is 45.2 Å². The van der Waals surface area contributed by atoms with E-state index in [4.69, 9.17) is 21.8 Å². The van der Waals surface area contributed by atoms with Gasteiger partial charge in [0.05, 0.1) is 12.8 Å². The lowest BCUT2D eigenvalue weighted by Gasteiger charge is -2.28. The zero-order valence-corrected chi connectivity index (χ0v) is 17.5. The average Bonchev–Trinajstić information content (AvgIpc) is 3.22. The Morgan fingerprint density at radius 1 is 1.44 bits per heavy atom. The average molecular weight is 451 g/mol. The molecule has 0 radical (unpaired) electrons. The van der Waals surface area contributed by atoms with Gasteiger partial charge in [0.2, 0.25) is 5.28 Å². The molecule has 8 heteroatoms. The van der Waals surface area contributed by atoms with Crippen LogP contribution in [0.2, 0.25) is 5.28 Å². The van der Waals surface area contributed by atoms with Gasteiger partial charge in [-0.25, -0.2) is 4.52 Å². The zero-order chi connectivity index (χ0) is 19.1. The number of hydrogen-bond acceptors (Lipinski definition) is 5. The Labute approximate surface area is 170 Å². The number of allylic oxidation sites excluding steroid dienone is 1. The molecule has 1 aliphatic rings. The minimum atomic E-state index is 0.0744. The second-order valence-corrected chi connectivity index (χ2v) is 8.10. The number of aromatic nitrogens is 3. The molecule has 0 amide bonds. The van der Waals surface area contributed by atoms with Crippen LogP contribution in [0.3, 0.4) is 0 Å². The Morgan fingerprint density at radius 2 is 2.26 bits per heavy atom. The lowest BCUT2D eigenvalue weighted by Crippen LogP contribution is -2.31. The highest BCUT2D eigenvalue weighted by atomic mass is 79.9. The molecule has 0 unspecified atom stereocenters. The van der Waals surface area contributed by atoms with E-state index in [0.29, 0.717) is 12.4 Å². The highest BCUT2D eigenvalue weighted by Gasteiger charge is 2.30. The summed E-state index contributed by atoms with van der Waals surface area (Å²) in [6, 6.07) is 3.84. The number of nitrogens with two attached hydrogens (primary N) is 1. The van der Waals surface area contributed by atoms with Crippen LogP contribution in [0.25, 0.3) is 5.52 Å². The third-order valence-electron chi connectivity index (χ3n) is 5.17. The fourth-order valence-corrected chi connectivity index (χ4v) is 4.85. The number of nitrogens with zero attached hydrogens (tertiary/aromatic N) is 3. The minimum Gasteiger partial charge on any atom is -0.467 e. The van der Waals surface area contributed by atoms with Crippen molar-refractivity contribution in [2.75, 3.05) is 5.32 Å². The van der Waals surface area contributed by atoms with E-state index < -0.39 is 0 Å².